The molecule has 0 aliphatic heterocycles. The first-order valence-corrected chi connectivity index (χ1v) is 11.1. The molecular weight excluding hydrogens is 465 g/mol. The third-order valence-electron chi connectivity index (χ3n) is 5.50. The minimum atomic E-state index is -0.568. The summed E-state index contributed by atoms with van der Waals surface area (Å²) in [5, 5.41) is 11.7. The van der Waals surface area contributed by atoms with Crippen molar-refractivity contribution in [3.8, 4) is 17.4 Å². The molecule has 10 nitrogen and oxygen atoms in total. The van der Waals surface area contributed by atoms with Crippen molar-refractivity contribution in [2.24, 2.45) is 0 Å². The van der Waals surface area contributed by atoms with Crippen molar-refractivity contribution in [1.29, 1.82) is 0 Å². The molecule has 5 aromatic rings. The van der Waals surface area contributed by atoms with E-state index >= 15 is 0 Å². The van der Waals surface area contributed by atoms with Crippen molar-refractivity contribution in [3.05, 3.63) is 87.7 Å². The van der Waals surface area contributed by atoms with Gasteiger partial charge in [-0.15, -0.1) is 0 Å². The molecule has 0 radical (unpaired) electrons. The Bertz CT molecular complexity index is 1670. The molecule has 0 aliphatic carbocycles. The highest BCUT2D eigenvalue weighted by Gasteiger charge is 2.18. The van der Waals surface area contributed by atoms with Crippen molar-refractivity contribution in [1.82, 2.24) is 29.5 Å². The Labute approximate surface area is 204 Å². The molecule has 0 bridgehead atoms. The van der Waals surface area contributed by atoms with Gasteiger partial charge in [0.15, 0.2) is 23.8 Å². The first kappa shape index (κ1) is 23.0. The molecule has 5 rings (SSSR count). The largest absolute Gasteiger partial charge is 0.481 e. The molecule has 3 heterocycles. The molecule has 0 unspecified atom stereocenters. The van der Waals surface area contributed by atoms with E-state index in [9.17, 15) is 14.0 Å². The molecule has 2 N–H and O–H groups in total. The average Bonchev–Trinajstić information content (AvgIpc) is 3.42. The summed E-state index contributed by atoms with van der Waals surface area (Å²) in [5.74, 6) is -0.787. The van der Waals surface area contributed by atoms with E-state index in [1.54, 1.807) is 23.7 Å². The van der Waals surface area contributed by atoms with E-state index in [0.717, 1.165) is 16.8 Å². The minimum Gasteiger partial charge on any atom is -0.481 e. The molecule has 0 aliphatic rings. The number of aromatic nitrogens is 6. The number of carbonyl (C=O) groups excluding carboxylic acids is 1. The molecule has 0 atom stereocenters. The third-order valence-corrected chi connectivity index (χ3v) is 5.50. The summed E-state index contributed by atoms with van der Waals surface area (Å²) in [6.45, 7) is 5.26. The van der Waals surface area contributed by atoms with Gasteiger partial charge >= 0.3 is 0 Å². The van der Waals surface area contributed by atoms with E-state index in [0.29, 0.717) is 16.7 Å². The van der Waals surface area contributed by atoms with Gasteiger partial charge in [-0.3, -0.25) is 14.6 Å². The normalized spacial score (nSPS) is 11.1. The SMILES string of the molecule is Cc1ccc(-n2ncc3c(=O)[nH]c(-n4nc(C)cc4NC(=O)COc4ccccc4F)nc32)c(C)c1. The van der Waals surface area contributed by atoms with Crippen LogP contribution in [0, 0.1) is 26.6 Å². The highest BCUT2D eigenvalue weighted by molar-refractivity contribution is 5.91. The molecule has 0 fully saturated rings. The van der Waals surface area contributed by atoms with Crippen LogP contribution in [0.25, 0.3) is 22.7 Å². The molecule has 3 aromatic heterocycles. The quantitative estimate of drug-likeness (QED) is 0.379. The zero-order valence-corrected chi connectivity index (χ0v) is 19.7. The second kappa shape index (κ2) is 9.10. The summed E-state index contributed by atoms with van der Waals surface area (Å²) in [6.07, 6.45) is 1.46. The van der Waals surface area contributed by atoms with Crippen molar-refractivity contribution in [3.63, 3.8) is 0 Å². The zero-order valence-electron chi connectivity index (χ0n) is 19.7. The number of carbonyl (C=O) groups is 1. The van der Waals surface area contributed by atoms with Gasteiger partial charge in [0.25, 0.3) is 11.5 Å². The maximum absolute atomic E-state index is 13.8. The van der Waals surface area contributed by atoms with E-state index in [1.807, 2.05) is 32.0 Å². The van der Waals surface area contributed by atoms with Gasteiger partial charge in [0.05, 0.1) is 17.6 Å². The Hall–Kier alpha value is -4.80. The number of hydrogen-bond acceptors (Lipinski definition) is 6. The van der Waals surface area contributed by atoms with Crippen molar-refractivity contribution < 1.29 is 13.9 Å². The molecular formula is C25H22FN7O3. The zero-order chi connectivity index (χ0) is 25.4. The van der Waals surface area contributed by atoms with Crippen LogP contribution in [0.15, 0.2) is 59.5 Å². The van der Waals surface area contributed by atoms with E-state index in [-0.39, 0.29) is 17.5 Å². The number of H-pyrrole nitrogens is 1. The highest BCUT2D eigenvalue weighted by atomic mass is 19.1. The van der Waals surface area contributed by atoms with Gasteiger partial charge in [0.2, 0.25) is 5.95 Å². The summed E-state index contributed by atoms with van der Waals surface area (Å²) in [4.78, 5) is 32.7. The summed E-state index contributed by atoms with van der Waals surface area (Å²) in [7, 11) is 0. The van der Waals surface area contributed by atoms with E-state index in [1.165, 1.54) is 29.1 Å². The number of aromatic amines is 1. The molecule has 11 heteroatoms. The van der Waals surface area contributed by atoms with Gasteiger partial charge in [-0.2, -0.15) is 19.9 Å². The lowest BCUT2D eigenvalue weighted by atomic mass is 10.1. The Kier molecular flexibility index (Phi) is 5.80. The Morgan fingerprint density at radius 3 is 2.69 bits per heavy atom. The van der Waals surface area contributed by atoms with Gasteiger partial charge in [-0.05, 0) is 44.5 Å². The Morgan fingerprint density at radius 2 is 1.92 bits per heavy atom. The molecule has 36 heavy (non-hydrogen) atoms. The third kappa shape index (κ3) is 4.33. The standard InChI is InChI=1S/C25H22FN7O3/c1-14-8-9-19(15(2)10-14)32-23-17(12-27-32)24(35)30-25(29-23)33-21(11-16(3)31-33)28-22(34)13-36-20-7-5-4-6-18(20)26/h4-12H,13H2,1-3H3,(H,28,34)(H,29,30,35). The van der Waals surface area contributed by atoms with Crippen LogP contribution >= 0.6 is 0 Å². The second-order valence-electron chi connectivity index (χ2n) is 8.32. The number of rotatable bonds is 6. The number of nitrogens with one attached hydrogen (secondary N) is 2. The predicted molar refractivity (Wildman–Crippen MR) is 131 cm³/mol. The van der Waals surface area contributed by atoms with Gasteiger partial charge in [0.1, 0.15) is 11.2 Å². The monoisotopic (exact) mass is 487 g/mol. The number of benzene rings is 2. The van der Waals surface area contributed by atoms with Crippen molar-refractivity contribution in [2.75, 3.05) is 11.9 Å². The topological polar surface area (TPSA) is 120 Å². The van der Waals surface area contributed by atoms with Crippen LogP contribution < -0.4 is 15.6 Å². The lowest BCUT2D eigenvalue weighted by Gasteiger charge is -2.11. The molecule has 0 spiro atoms. The maximum Gasteiger partial charge on any atom is 0.263 e. The first-order chi connectivity index (χ1) is 17.3. The molecule has 0 saturated carbocycles. The molecule has 2 aromatic carbocycles. The summed E-state index contributed by atoms with van der Waals surface area (Å²) in [5.41, 5.74) is 3.38. The number of amides is 1. The Morgan fingerprint density at radius 1 is 1.11 bits per heavy atom. The number of aryl methyl sites for hydroxylation is 3. The summed E-state index contributed by atoms with van der Waals surface area (Å²) < 4.78 is 22.0. The lowest BCUT2D eigenvalue weighted by molar-refractivity contribution is -0.118. The molecule has 1 amide bonds. The minimum absolute atomic E-state index is 0.0338. The van der Waals surface area contributed by atoms with Crippen molar-refractivity contribution in [2.45, 2.75) is 20.8 Å². The van der Waals surface area contributed by atoms with Crippen LogP contribution in [-0.2, 0) is 4.79 Å². The number of hydrogen-bond donors (Lipinski definition) is 2. The summed E-state index contributed by atoms with van der Waals surface area (Å²) in [6, 6.07) is 13.3. The van der Waals surface area contributed by atoms with Crippen LogP contribution in [-0.4, -0.2) is 42.0 Å². The predicted octanol–water partition coefficient (Wildman–Crippen LogP) is 3.38. The van der Waals surface area contributed by atoms with Crippen LogP contribution in [0.4, 0.5) is 10.2 Å². The smallest absolute Gasteiger partial charge is 0.263 e. The van der Waals surface area contributed by atoms with Gasteiger partial charge in [-0.25, -0.2) is 9.07 Å². The number of ether oxygens (including phenoxy) is 1. The fraction of sp³-hybridized carbons (Fsp3) is 0.160. The van der Waals surface area contributed by atoms with Gasteiger partial charge < -0.3 is 10.1 Å². The van der Waals surface area contributed by atoms with Crippen LogP contribution in [0.3, 0.4) is 0 Å². The second-order valence-corrected chi connectivity index (χ2v) is 8.32. The first-order valence-electron chi connectivity index (χ1n) is 11.1. The maximum atomic E-state index is 13.8. The average molecular weight is 487 g/mol. The van der Waals surface area contributed by atoms with Gasteiger partial charge in [0, 0.05) is 6.07 Å². The van der Waals surface area contributed by atoms with E-state index in [2.05, 4.69) is 25.5 Å². The molecule has 182 valence electrons. The number of para-hydroxylation sites is 1. The number of fused-ring (bicyclic) bond motifs is 1. The number of halogens is 1. The van der Waals surface area contributed by atoms with Crippen LogP contribution in [0.1, 0.15) is 16.8 Å². The van der Waals surface area contributed by atoms with Gasteiger partial charge in [-0.1, -0.05) is 29.8 Å². The molecule has 0 saturated heterocycles. The number of anilines is 1. The fourth-order valence-electron chi connectivity index (χ4n) is 3.86. The van der Waals surface area contributed by atoms with Crippen molar-refractivity contribution >= 4 is 22.8 Å². The van der Waals surface area contributed by atoms with Crippen LogP contribution in [0.2, 0.25) is 0 Å². The van der Waals surface area contributed by atoms with E-state index in [4.69, 9.17) is 4.74 Å². The lowest BCUT2D eigenvalue weighted by Crippen LogP contribution is -2.23. The highest BCUT2D eigenvalue weighted by Crippen LogP contribution is 2.21. The summed E-state index contributed by atoms with van der Waals surface area (Å²) >= 11 is 0. The van der Waals surface area contributed by atoms with Crippen LogP contribution in [0.5, 0.6) is 5.75 Å². The van der Waals surface area contributed by atoms with E-state index < -0.39 is 23.9 Å². The fourth-order valence-corrected chi connectivity index (χ4v) is 3.86. The number of nitrogens with zero attached hydrogens (tertiary/aromatic N) is 5. The Balaban J connectivity index is 1.48.